The van der Waals surface area contributed by atoms with E-state index in [1.165, 1.54) is 11.3 Å². The van der Waals surface area contributed by atoms with Crippen molar-refractivity contribution in [2.75, 3.05) is 20.3 Å². The van der Waals surface area contributed by atoms with Crippen molar-refractivity contribution in [3.8, 4) is 0 Å². The second kappa shape index (κ2) is 5.32. The summed E-state index contributed by atoms with van der Waals surface area (Å²) in [5, 5.41) is 11.6. The molecule has 0 unspecified atom stereocenters. The standard InChI is InChI=1S/C12H13NO4S/c1-17-6-3-5-13-11(15)9(10(14)12(13)16)8-4-2-7-18-8/h2,4,7,14H,3,5-6H2,1H3. The Balaban J connectivity index is 2.18. The predicted octanol–water partition coefficient (Wildman–Crippen LogP) is 1.42. The van der Waals surface area contributed by atoms with Gasteiger partial charge in [0.05, 0.1) is 0 Å². The van der Waals surface area contributed by atoms with Crippen LogP contribution < -0.4 is 0 Å². The van der Waals surface area contributed by atoms with Crippen LogP contribution in [0.2, 0.25) is 0 Å². The van der Waals surface area contributed by atoms with Gasteiger partial charge in [0.15, 0.2) is 5.76 Å². The molecule has 0 radical (unpaired) electrons. The lowest BCUT2D eigenvalue weighted by Crippen LogP contribution is -2.33. The van der Waals surface area contributed by atoms with Crippen molar-refractivity contribution < 1.29 is 19.4 Å². The number of amides is 2. The number of aliphatic hydroxyl groups is 1. The van der Waals surface area contributed by atoms with Crippen molar-refractivity contribution in [2.24, 2.45) is 0 Å². The van der Waals surface area contributed by atoms with Crippen LogP contribution >= 0.6 is 11.3 Å². The van der Waals surface area contributed by atoms with Crippen molar-refractivity contribution in [3.63, 3.8) is 0 Å². The van der Waals surface area contributed by atoms with Gasteiger partial charge in [0.1, 0.15) is 5.57 Å². The summed E-state index contributed by atoms with van der Waals surface area (Å²) < 4.78 is 4.87. The summed E-state index contributed by atoms with van der Waals surface area (Å²) in [6.07, 6.45) is 0.555. The van der Waals surface area contributed by atoms with Crippen LogP contribution in [0.15, 0.2) is 23.3 Å². The highest BCUT2D eigenvalue weighted by Gasteiger charge is 2.39. The van der Waals surface area contributed by atoms with Gasteiger partial charge in [-0.15, -0.1) is 11.3 Å². The minimum Gasteiger partial charge on any atom is -0.502 e. The highest BCUT2D eigenvalue weighted by molar-refractivity contribution is 7.11. The van der Waals surface area contributed by atoms with Gasteiger partial charge >= 0.3 is 0 Å². The zero-order valence-corrected chi connectivity index (χ0v) is 10.7. The molecule has 1 aliphatic heterocycles. The molecule has 2 amide bonds. The number of nitrogens with zero attached hydrogens (tertiary/aromatic N) is 1. The van der Waals surface area contributed by atoms with Gasteiger partial charge in [-0.25, -0.2) is 0 Å². The van der Waals surface area contributed by atoms with Crippen LogP contribution in [0.1, 0.15) is 11.3 Å². The summed E-state index contributed by atoms with van der Waals surface area (Å²) in [7, 11) is 1.56. The van der Waals surface area contributed by atoms with Gasteiger partial charge in [-0.1, -0.05) is 6.07 Å². The molecule has 2 rings (SSSR count). The first-order chi connectivity index (χ1) is 8.66. The largest absolute Gasteiger partial charge is 0.502 e. The lowest BCUT2D eigenvalue weighted by molar-refractivity contribution is -0.138. The Labute approximate surface area is 108 Å². The summed E-state index contributed by atoms with van der Waals surface area (Å²) in [5.74, 6) is -1.52. The van der Waals surface area contributed by atoms with Crippen molar-refractivity contribution in [1.29, 1.82) is 0 Å². The van der Waals surface area contributed by atoms with Gasteiger partial charge in [0.2, 0.25) is 0 Å². The number of hydrogen-bond acceptors (Lipinski definition) is 5. The second-order valence-corrected chi connectivity index (χ2v) is 4.76. The molecule has 0 fully saturated rings. The minimum absolute atomic E-state index is 0.104. The van der Waals surface area contributed by atoms with Crippen LogP contribution in [0.3, 0.4) is 0 Å². The summed E-state index contributed by atoms with van der Waals surface area (Å²) in [5.41, 5.74) is 0.104. The van der Waals surface area contributed by atoms with Crippen LogP contribution in [-0.4, -0.2) is 42.1 Å². The number of methoxy groups -OCH3 is 1. The topological polar surface area (TPSA) is 66.8 Å². The lowest BCUT2D eigenvalue weighted by atomic mass is 10.2. The van der Waals surface area contributed by atoms with Crippen LogP contribution in [0.5, 0.6) is 0 Å². The number of carbonyl (C=O) groups excluding carboxylic acids is 2. The van der Waals surface area contributed by atoms with E-state index >= 15 is 0 Å². The van der Waals surface area contributed by atoms with Crippen molar-refractivity contribution >= 4 is 28.7 Å². The Morgan fingerprint density at radius 3 is 2.78 bits per heavy atom. The number of thiophene rings is 1. The van der Waals surface area contributed by atoms with Crippen LogP contribution in [0, 0.1) is 0 Å². The van der Waals surface area contributed by atoms with Crippen molar-refractivity contribution in [2.45, 2.75) is 6.42 Å². The van der Waals surface area contributed by atoms with E-state index in [0.717, 1.165) is 4.90 Å². The molecule has 6 heteroatoms. The molecule has 1 N–H and O–H groups in total. The Kier molecular flexibility index (Phi) is 3.78. The molecule has 18 heavy (non-hydrogen) atoms. The van der Waals surface area contributed by atoms with Gasteiger partial charge in [0.25, 0.3) is 11.8 Å². The van der Waals surface area contributed by atoms with Gasteiger partial charge in [-0.3, -0.25) is 14.5 Å². The van der Waals surface area contributed by atoms with E-state index < -0.39 is 17.6 Å². The highest BCUT2D eigenvalue weighted by Crippen LogP contribution is 2.30. The molecule has 0 saturated heterocycles. The lowest BCUT2D eigenvalue weighted by Gasteiger charge is -2.13. The van der Waals surface area contributed by atoms with Gasteiger partial charge < -0.3 is 9.84 Å². The van der Waals surface area contributed by atoms with Gasteiger partial charge in [-0.05, 0) is 17.9 Å². The zero-order valence-electron chi connectivity index (χ0n) is 9.88. The number of imide groups is 1. The second-order valence-electron chi connectivity index (χ2n) is 3.81. The van der Waals surface area contributed by atoms with Crippen LogP contribution in [0.25, 0.3) is 5.57 Å². The third kappa shape index (κ3) is 2.16. The maximum Gasteiger partial charge on any atom is 0.296 e. The summed E-state index contributed by atoms with van der Waals surface area (Å²) >= 11 is 1.32. The molecule has 2 heterocycles. The molecule has 1 aromatic rings. The quantitative estimate of drug-likeness (QED) is 0.647. The van der Waals surface area contributed by atoms with Crippen molar-refractivity contribution in [1.82, 2.24) is 4.90 Å². The Bertz CT molecular complexity index is 492. The molecular formula is C12H13NO4S. The number of carbonyl (C=O) groups is 2. The van der Waals surface area contributed by atoms with Gasteiger partial charge in [-0.2, -0.15) is 0 Å². The summed E-state index contributed by atoms with van der Waals surface area (Å²) in [6, 6.07) is 3.48. The molecule has 0 saturated carbocycles. The SMILES string of the molecule is COCCCN1C(=O)C(O)=C(c2cccs2)C1=O. The molecule has 0 aliphatic carbocycles. The fourth-order valence-electron chi connectivity index (χ4n) is 1.78. The van der Waals surface area contributed by atoms with E-state index in [0.29, 0.717) is 17.9 Å². The Morgan fingerprint density at radius 1 is 1.39 bits per heavy atom. The molecule has 0 bridgehead atoms. The van der Waals surface area contributed by atoms with Gasteiger partial charge in [0, 0.05) is 25.1 Å². The fourth-order valence-corrected chi connectivity index (χ4v) is 2.54. The molecule has 1 aliphatic rings. The Hall–Kier alpha value is -1.66. The molecule has 0 aromatic carbocycles. The number of hydrogen-bond donors (Lipinski definition) is 1. The molecular weight excluding hydrogens is 254 g/mol. The monoisotopic (exact) mass is 267 g/mol. The van der Waals surface area contributed by atoms with E-state index in [9.17, 15) is 14.7 Å². The summed E-state index contributed by atoms with van der Waals surface area (Å²) in [6.45, 7) is 0.719. The maximum absolute atomic E-state index is 12.1. The first-order valence-electron chi connectivity index (χ1n) is 5.49. The number of ether oxygens (including phenoxy) is 1. The summed E-state index contributed by atoms with van der Waals surface area (Å²) in [4.78, 5) is 25.5. The third-order valence-corrected chi connectivity index (χ3v) is 3.53. The van der Waals surface area contributed by atoms with Crippen LogP contribution in [-0.2, 0) is 14.3 Å². The van der Waals surface area contributed by atoms with Crippen LogP contribution in [0.4, 0.5) is 0 Å². The molecule has 0 spiro atoms. The van der Waals surface area contributed by atoms with E-state index in [1.807, 2.05) is 0 Å². The van der Waals surface area contributed by atoms with E-state index in [2.05, 4.69) is 0 Å². The van der Waals surface area contributed by atoms with E-state index in [4.69, 9.17) is 4.74 Å². The first-order valence-corrected chi connectivity index (χ1v) is 6.37. The molecule has 5 nitrogen and oxygen atoms in total. The average molecular weight is 267 g/mol. The minimum atomic E-state index is -0.625. The average Bonchev–Trinajstić information content (AvgIpc) is 2.93. The third-order valence-electron chi connectivity index (χ3n) is 2.64. The first kappa shape index (κ1) is 12.8. The molecule has 96 valence electrons. The normalized spacial score (nSPS) is 15.9. The molecule has 0 atom stereocenters. The number of rotatable bonds is 5. The maximum atomic E-state index is 12.1. The van der Waals surface area contributed by atoms with Crippen molar-refractivity contribution in [3.05, 3.63) is 28.1 Å². The smallest absolute Gasteiger partial charge is 0.296 e. The van der Waals surface area contributed by atoms with E-state index in [-0.39, 0.29) is 12.1 Å². The molecule has 1 aromatic heterocycles. The van der Waals surface area contributed by atoms with E-state index in [1.54, 1.807) is 24.6 Å². The highest BCUT2D eigenvalue weighted by atomic mass is 32.1. The Morgan fingerprint density at radius 2 is 2.17 bits per heavy atom. The predicted molar refractivity (Wildman–Crippen MR) is 67.1 cm³/mol. The zero-order chi connectivity index (χ0) is 13.1. The number of aliphatic hydroxyl groups excluding tert-OH is 1. The fraction of sp³-hybridized carbons (Fsp3) is 0.333.